The molecule has 0 saturated heterocycles. The summed E-state index contributed by atoms with van der Waals surface area (Å²) < 4.78 is 18.8. The quantitative estimate of drug-likeness (QED) is 0.945. The third-order valence-corrected chi connectivity index (χ3v) is 4.56. The van der Waals surface area contributed by atoms with Crippen molar-refractivity contribution in [2.75, 3.05) is 12.4 Å². The Hall–Kier alpha value is -1.95. The van der Waals surface area contributed by atoms with Gasteiger partial charge in [0.1, 0.15) is 11.6 Å². The van der Waals surface area contributed by atoms with Gasteiger partial charge in [0.2, 0.25) is 0 Å². The normalized spacial score (nSPS) is 13.6. The third kappa shape index (κ3) is 2.90. The molecule has 3 rings (SSSR count). The maximum absolute atomic E-state index is 13.9. The molecule has 21 heavy (non-hydrogen) atoms. The van der Waals surface area contributed by atoms with Crippen LogP contribution in [0.25, 0.3) is 0 Å². The molecule has 6 heteroatoms. The van der Waals surface area contributed by atoms with Gasteiger partial charge in [-0.15, -0.1) is 11.3 Å². The summed E-state index contributed by atoms with van der Waals surface area (Å²) in [5, 5.41) is 3.23. The van der Waals surface area contributed by atoms with Gasteiger partial charge in [-0.25, -0.2) is 9.37 Å². The zero-order valence-electron chi connectivity index (χ0n) is 11.6. The third-order valence-electron chi connectivity index (χ3n) is 3.49. The second kappa shape index (κ2) is 5.81. The van der Waals surface area contributed by atoms with Crippen LogP contribution in [0.4, 0.5) is 9.52 Å². The summed E-state index contributed by atoms with van der Waals surface area (Å²) in [6, 6.07) is 4.17. The second-order valence-electron chi connectivity index (χ2n) is 4.90. The number of nitrogens with zero attached hydrogens (tertiary/aromatic N) is 1. The number of carbonyl (C=O) groups is 1. The van der Waals surface area contributed by atoms with Crippen LogP contribution in [0.15, 0.2) is 18.2 Å². The van der Waals surface area contributed by atoms with Crippen LogP contribution in [0, 0.1) is 5.82 Å². The van der Waals surface area contributed by atoms with Gasteiger partial charge in [-0.1, -0.05) is 0 Å². The molecule has 4 nitrogen and oxygen atoms in total. The first kappa shape index (κ1) is 14.0. The molecular weight excluding hydrogens is 291 g/mol. The van der Waals surface area contributed by atoms with Crippen molar-refractivity contribution in [3.8, 4) is 5.75 Å². The lowest BCUT2D eigenvalue weighted by Gasteiger charge is -2.06. The molecule has 1 aromatic carbocycles. The largest absolute Gasteiger partial charge is 0.497 e. The van der Waals surface area contributed by atoms with E-state index in [1.807, 2.05) is 0 Å². The lowest BCUT2D eigenvalue weighted by atomic mass is 10.0. The van der Waals surface area contributed by atoms with E-state index in [9.17, 15) is 9.18 Å². The Morgan fingerprint density at radius 1 is 1.38 bits per heavy atom. The number of aryl methyl sites for hydroxylation is 2. The number of nitrogens with one attached hydrogen (secondary N) is 1. The minimum Gasteiger partial charge on any atom is -0.497 e. The van der Waals surface area contributed by atoms with E-state index in [4.69, 9.17) is 4.74 Å². The zero-order valence-corrected chi connectivity index (χ0v) is 12.4. The highest BCUT2D eigenvalue weighted by Crippen LogP contribution is 2.30. The Labute approximate surface area is 126 Å². The van der Waals surface area contributed by atoms with Gasteiger partial charge in [0.25, 0.3) is 5.91 Å². The van der Waals surface area contributed by atoms with E-state index in [-0.39, 0.29) is 5.56 Å². The van der Waals surface area contributed by atoms with E-state index in [1.165, 1.54) is 35.5 Å². The first-order chi connectivity index (χ1) is 10.2. The summed E-state index contributed by atoms with van der Waals surface area (Å²) in [6.07, 6.45) is 4.27. The monoisotopic (exact) mass is 306 g/mol. The smallest absolute Gasteiger partial charge is 0.260 e. The first-order valence-corrected chi connectivity index (χ1v) is 7.62. The number of rotatable bonds is 3. The number of aromatic nitrogens is 1. The molecule has 1 N–H and O–H groups in total. The molecule has 110 valence electrons. The molecule has 1 aliphatic carbocycles. The molecule has 0 atom stereocenters. The highest BCUT2D eigenvalue weighted by molar-refractivity contribution is 7.15. The van der Waals surface area contributed by atoms with Crippen molar-refractivity contribution in [2.24, 2.45) is 0 Å². The van der Waals surface area contributed by atoms with Gasteiger partial charge >= 0.3 is 0 Å². The standard InChI is InChI=1S/C15H15FN2O2S/c1-20-9-6-7-10(11(16)8-9)14(19)18-15-17-12-4-2-3-5-13(12)21-15/h6-8H,2-5H2,1H3,(H,17,18,19). The fraction of sp³-hybridized carbons (Fsp3) is 0.333. The van der Waals surface area contributed by atoms with Crippen molar-refractivity contribution in [1.29, 1.82) is 0 Å². The number of benzene rings is 1. The Bertz CT molecular complexity index is 661. The molecule has 2 aromatic rings. The second-order valence-corrected chi connectivity index (χ2v) is 5.98. The first-order valence-electron chi connectivity index (χ1n) is 6.81. The van der Waals surface area contributed by atoms with Gasteiger partial charge in [-0.05, 0) is 37.8 Å². The Morgan fingerprint density at radius 3 is 2.90 bits per heavy atom. The molecule has 0 unspecified atom stereocenters. The number of carbonyl (C=O) groups excluding carboxylic acids is 1. The van der Waals surface area contributed by atoms with Gasteiger partial charge in [-0.3, -0.25) is 10.1 Å². The number of amides is 1. The van der Waals surface area contributed by atoms with E-state index < -0.39 is 11.7 Å². The minimum atomic E-state index is -0.604. The van der Waals surface area contributed by atoms with Crippen molar-refractivity contribution in [3.05, 3.63) is 40.2 Å². The fourth-order valence-electron chi connectivity index (χ4n) is 2.38. The van der Waals surface area contributed by atoms with Crippen molar-refractivity contribution >= 4 is 22.4 Å². The van der Waals surface area contributed by atoms with Crippen molar-refractivity contribution in [2.45, 2.75) is 25.7 Å². The van der Waals surface area contributed by atoms with Gasteiger partial charge < -0.3 is 4.74 Å². The molecule has 1 amide bonds. The Morgan fingerprint density at radius 2 is 2.19 bits per heavy atom. The highest BCUT2D eigenvalue weighted by atomic mass is 32.1. The molecule has 1 aliphatic rings. The van der Waals surface area contributed by atoms with E-state index in [0.717, 1.165) is 31.4 Å². The number of methoxy groups -OCH3 is 1. The van der Waals surface area contributed by atoms with Crippen molar-refractivity contribution in [1.82, 2.24) is 4.98 Å². The number of hydrogen-bond acceptors (Lipinski definition) is 4. The number of thiazole rings is 1. The Balaban J connectivity index is 1.78. The van der Waals surface area contributed by atoms with E-state index in [0.29, 0.717) is 10.9 Å². The minimum absolute atomic E-state index is 0.0102. The van der Waals surface area contributed by atoms with Gasteiger partial charge in [-0.2, -0.15) is 0 Å². The zero-order chi connectivity index (χ0) is 14.8. The summed E-state index contributed by atoms with van der Waals surface area (Å²) >= 11 is 1.48. The van der Waals surface area contributed by atoms with Crippen LogP contribution < -0.4 is 10.1 Å². The summed E-state index contributed by atoms with van der Waals surface area (Å²) in [4.78, 5) is 17.8. The predicted octanol–water partition coefficient (Wildman–Crippen LogP) is 3.42. The Kier molecular flexibility index (Phi) is 3.88. The number of halogens is 1. The van der Waals surface area contributed by atoms with E-state index >= 15 is 0 Å². The summed E-state index contributed by atoms with van der Waals surface area (Å²) in [6.45, 7) is 0. The summed E-state index contributed by atoms with van der Waals surface area (Å²) in [7, 11) is 1.45. The molecule has 0 fully saturated rings. The maximum Gasteiger partial charge on any atom is 0.260 e. The molecule has 0 aliphatic heterocycles. The molecule has 0 spiro atoms. The van der Waals surface area contributed by atoms with Crippen LogP contribution in [-0.4, -0.2) is 18.0 Å². The predicted molar refractivity (Wildman–Crippen MR) is 79.7 cm³/mol. The molecule has 0 bridgehead atoms. The van der Waals surface area contributed by atoms with Crippen LogP contribution in [0.1, 0.15) is 33.8 Å². The lowest BCUT2D eigenvalue weighted by Crippen LogP contribution is -2.13. The number of ether oxygens (including phenoxy) is 1. The summed E-state index contributed by atoms with van der Waals surface area (Å²) in [5.74, 6) is -0.705. The van der Waals surface area contributed by atoms with E-state index in [1.54, 1.807) is 6.07 Å². The number of anilines is 1. The molecule has 0 radical (unpaired) electrons. The topological polar surface area (TPSA) is 51.2 Å². The van der Waals surface area contributed by atoms with Crippen LogP contribution in [-0.2, 0) is 12.8 Å². The average molecular weight is 306 g/mol. The fourth-order valence-corrected chi connectivity index (χ4v) is 3.42. The van der Waals surface area contributed by atoms with Gasteiger partial charge in [0, 0.05) is 10.9 Å². The van der Waals surface area contributed by atoms with E-state index in [2.05, 4.69) is 10.3 Å². The average Bonchev–Trinajstić information content (AvgIpc) is 2.88. The van der Waals surface area contributed by atoms with Crippen LogP contribution in [0.2, 0.25) is 0 Å². The molecule has 1 aromatic heterocycles. The lowest BCUT2D eigenvalue weighted by molar-refractivity contribution is 0.102. The SMILES string of the molecule is COc1ccc(C(=O)Nc2nc3c(s2)CCCC3)c(F)c1. The highest BCUT2D eigenvalue weighted by Gasteiger charge is 2.18. The van der Waals surface area contributed by atoms with Crippen LogP contribution >= 0.6 is 11.3 Å². The van der Waals surface area contributed by atoms with Crippen molar-refractivity contribution in [3.63, 3.8) is 0 Å². The number of fused-ring (bicyclic) bond motifs is 1. The summed E-state index contributed by atoms with van der Waals surface area (Å²) in [5.41, 5.74) is 1.06. The molecule has 1 heterocycles. The van der Waals surface area contributed by atoms with Crippen LogP contribution in [0.5, 0.6) is 5.75 Å². The number of hydrogen-bond donors (Lipinski definition) is 1. The molecule has 0 saturated carbocycles. The van der Waals surface area contributed by atoms with Gasteiger partial charge in [0.15, 0.2) is 5.13 Å². The molecular formula is C15H15FN2O2S. The van der Waals surface area contributed by atoms with Crippen molar-refractivity contribution < 1.29 is 13.9 Å². The maximum atomic E-state index is 13.9. The van der Waals surface area contributed by atoms with Crippen LogP contribution in [0.3, 0.4) is 0 Å². The van der Waals surface area contributed by atoms with Gasteiger partial charge in [0.05, 0.1) is 18.4 Å².